The van der Waals surface area contributed by atoms with Crippen molar-refractivity contribution in [2.24, 2.45) is 0 Å². The number of nitrogen functional groups attached to an aromatic ring is 1. The third kappa shape index (κ3) is 2.24. The van der Waals surface area contributed by atoms with Crippen LogP contribution < -0.4 is 10.5 Å². The molecule has 0 radical (unpaired) electrons. The van der Waals surface area contributed by atoms with Gasteiger partial charge in [0.1, 0.15) is 22.9 Å². The quantitative estimate of drug-likeness (QED) is 0.775. The first kappa shape index (κ1) is 13.9. The van der Waals surface area contributed by atoms with Gasteiger partial charge in [0.25, 0.3) is 0 Å². The molecule has 112 valence electrons. The summed E-state index contributed by atoms with van der Waals surface area (Å²) in [5.41, 5.74) is 8.86. The van der Waals surface area contributed by atoms with Gasteiger partial charge in [-0.15, -0.1) is 5.10 Å². The van der Waals surface area contributed by atoms with E-state index in [4.69, 9.17) is 10.5 Å². The number of nitrogens with zero attached hydrogens (tertiary/aromatic N) is 3. The number of anilines is 1. The predicted octanol–water partition coefficient (Wildman–Crippen LogP) is 2.54. The van der Waals surface area contributed by atoms with Gasteiger partial charge in [0.2, 0.25) is 0 Å². The molecule has 3 N–H and O–H groups in total. The van der Waals surface area contributed by atoms with Crippen LogP contribution in [-0.4, -0.2) is 27.2 Å². The zero-order chi connectivity index (χ0) is 15.7. The largest absolute Gasteiger partial charge is 0.506 e. The summed E-state index contributed by atoms with van der Waals surface area (Å²) in [4.78, 5) is 0. The van der Waals surface area contributed by atoms with Crippen LogP contribution in [0.25, 0.3) is 16.9 Å². The maximum Gasteiger partial charge on any atom is 0.156 e. The first-order chi connectivity index (χ1) is 10.6. The highest BCUT2D eigenvalue weighted by atomic mass is 16.5. The van der Waals surface area contributed by atoms with Gasteiger partial charge in [-0.2, -0.15) is 4.68 Å². The van der Waals surface area contributed by atoms with E-state index in [2.05, 4.69) is 10.3 Å². The van der Waals surface area contributed by atoms with Crippen molar-refractivity contribution in [3.8, 4) is 28.4 Å². The van der Waals surface area contributed by atoms with Crippen LogP contribution in [0.3, 0.4) is 0 Å². The van der Waals surface area contributed by atoms with Crippen molar-refractivity contribution in [1.29, 1.82) is 0 Å². The smallest absolute Gasteiger partial charge is 0.156 e. The molecule has 0 spiro atoms. The Morgan fingerprint density at radius 1 is 1.18 bits per heavy atom. The van der Waals surface area contributed by atoms with Crippen LogP contribution in [0.15, 0.2) is 42.5 Å². The van der Waals surface area contributed by atoms with Crippen LogP contribution in [0.1, 0.15) is 5.56 Å². The number of hydrogen-bond donors (Lipinski definition) is 2. The van der Waals surface area contributed by atoms with Crippen LogP contribution in [0, 0.1) is 6.92 Å². The van der Waals surface area contributed by atoms with Crippen molar-refractivity contribution in [2.45, 2.75) is 6.92 Å². The Hall–Kier alpha value is -3.02. The summed E-state index contributed by atoms with van der Waals surface area (Å²) in [7, 11) is 1.59. The number of hydrogen-bond acceptors (Lipinski definition) is 5. The number of para-hydroxylation sites is 1. The highest BCUT2D eigenvalue weighted by Crippen LogP contribution is 2.34. The summed E-state index contributed by atoms with van der Waals surface area (Å²) in [6.45, 7) is 1.90. The molecule has 1 heterocycles. The van der Waals surface area contributed by atoms with E-state index in [1.165, 1.54) is 4.68 Å². The van der Waals surface area contributed by atoms with E-state index in [1.54, 1.807) is 19.2 Å². The zero-order valence-corrected chi connectivity index (χ0v) is 12.3. The van der Waals surface area contributed by atoms with E-state index in [0.717, 1.165) is 11.1 Å². The number of phenols is 1. The Morgan fingerprint density at radius 3 is 2.68 bits per heavy atom. The normalized spacial score (nSPS) is 10.6. The molecule has 22 heavy (non-hydrogen) atoms. The van der Waals surface area contributed by atoms with Crippen LogP contribution in [0.4, 0.5) is 5.82 Å². The lowest BCUT2D eigenvalue weighted by atomic mass is 10.1. The van der Waals surface area contributed by atoms with Gasteiger partial charge in [-0.3, -0.25) is 0 Å². The summed E-state index contributed by atoms with van der Waals surface area (Å²) in [5.74, 6) is 1.10. The van der Waals surface area contributed by atoms with Crippen LogP contribution >= 0.6 is 0 Å². The minimum Gasteiger partial charge on any atom is -0.506 e. The van der Waals surface area contributed by atoms with Gasteiger partial charge in [0, 0.05) is 5.56 Å². The number of aryl methyl sites for hydroxylation is 1. The third-order valence-corrected chi connectivity index (χ3v) is 3.43. The molecule has 0 bridgehead atoms. The number of aromatic hydroxyl groups is 1. The molecule has 0 aliphatic rings. The average Bonchev–Trinajstić information content (AvgIpc) is 2.89. The molecule has 3 rings (SSSR count). The summed E-state index contributed by atoms with van der Waals surface area (Å²) in [5, 5.41) is 18.3. The molecule has 0 amide bonds. The summed E-state index contributed by atoms with van der Waals surface area (Å²) in [6, 6.07) is 12.7. The van der Waals surface area contributed by atoms with Gasteiger partial charge in [-0.1, -0.05) is 23.4 Å². The number of aromatic nitrogens is 3. The van der Waals surface area contributed by atoms with E-state index in [-0.39, 0.29) is 5.75 Å². The number of methoxy groups -OCH3 is 1. The highest BCUT2D eigenvalue weighted by molar-refractivity contribution is 5.76. The Kier molecular flexibility index (Phi) is 3.42. The van der Waals surface area contributed by atoms with E-state index in [9.17, 15) is 5.11 Å². The fraction of sp³-hybridized carbons (Fsp3) is 0.125. The minimum absolute atomic E-state index is 0.100. The van der Waals surface area contributed by atoms with Crippen molar-refractivity contribution in [3.63, 3.8) is 0 Å². The lowest BCUT2D eigenvalue weighted by Crippen LogP contribution is -2.03. The SMILES string of the molecule is COc1ccccc1-c1nnn(-c2ccc(C)cc2O)c1N. The number of phenolic OH excluding ortho intramolecular Hbond substituents is 1. The standard InChI is InChI=1S/C16H16N4O2/c1-10-7-8-12(13(21)9-10)20-16(17)15(18-19-20)11-5-3-4-6-14(11)22-2/h3-9,21H,17H2,1-2H3. The second-order valence-electron chi connectivity index (χ2n) is 4.93. The number of nitrogens with two attached hydrogens (primary N) is 1. The van der Waals surface area contributed by atoms with Gasteiger partial charge in [-0.05, 0) is 36.8 Å². The first-order valence-electron chi connectivity index (χ1n) is 6.76. The van der Waals surface area contributed by atoms with Gasteiger partial charge in [0.05, 0.1) is 7.11 Å². The molecule has 1 aromatic heterocycles. The van der Waals surface area contributed by atoms with Gasteiger partial charge in [0.15, 0.2) is 5.82 Å². The molecule has 0 saturated heterocycles. The van der Waals surface area contributed by atoms with E-state index in [1.807, 2.05) is 37.3 Å². The molecule has 0 unspecified atom stereocenters. The summed E-state index contributed by atoms with van der Waals surface area (Å²) < 4.78 is 6.74. The first-order valence-corrected chi connectivity index (χ1v) is 6.76. The summed E-state index contributed by atoms with van der Waals surface area (Å²) >= 11 is 0. The number of benzene rings is 2. The van der Waals surface area contributed by atoms with Crippen molar-refractivity contribution in [2.75, 3.05) is 12.8 Å². The molecule has 0 saturated carbocycles. The highest BCUT2D eigenvalue weighted by Gasteiger charge is 2.17. The molecule has 6 nitrogen and oxygen atoms in total. The lowest BCUT2D eigenvalue weighted by Gasteiger charge is -2.08. The van der Waals surface area contributed by atoms with Crippen LogP contribution in [0.5, 0.6) is 11.5 Å². The molecule has 6 heteroatoms. The van der Waals surface area contributed by atoms with Gasteiger partial charge in [-0.25, -0.2) is 0 Å². The Balaban J connectivity index is 2.13. The molecule has 0 atom stereocenters. The monoisotopic (exact) mass is 296 g/mol. The summed E-state index contributed by atoms with van der Waals surface area (Å²) in [6.07, 6.45) is 0. The molecular weight excluding hydrogens is 280 g/mol. The number of rotatable bonds is 3. The van der Waals surface area contributed by atoms with Crippen molar-refractivity contribution < 1.29 is 9.84 Å². The Bertz CT molecular complexity index is 827. The van der Waals surface area contributed by atoms with Crippen molar-refractivity contribution in [3.05, 3.63) is 48.0 Å². The Morgan fingerprint density at radius 2 is 1.95 bits per heavy atom. The van der Waals surface area contributed by atoms with E-state index < -0.39 is 0 Å². The predicted molar refractivity (Wildman–Crippen MR) is 84.2 cm³/mol. The molecule has 0 fully saturated rings. The maximum atomic E-state index is 10.1. The maximum absolute atomic E-state index is 10.1. The lowest BCUT2D eigenvalue weighted by molar-refractivity contribution is 0.416. The minimum atomic E-state index is 0.100. The topological polar surface area (TPSA) is 86.2 Å². The molecule has 0 aliphatic heterocycles. The second-order valence-corrected chi connectivity index (χ2v) is 4.93. The van der Waals surface area contributed by atoms with Crippen molar-refractivity contribution in [1.82, 2.24) is 15.0 Å². The fourth-order valence-electron chi connectivity index (χ4n) is 2.31. The molecule has 0 aliphatic carbocycles. The Labute approximate surface area is 127 Å². The van der Waals surface area contributed by atoms with E-state index in [0.29, 0.717) is 22.9 Å². The fourth-order valence-corrected chi connectivity index (χ4v) is 2.31. The number of ether oxygens (including phenoxy) is 1. The average molecular weight is 296 g/mol. The van der Waals surface area contributed by atoms with Crippen LogP contribution in [0.2, 0.25) is 0 Å². The molecular formula is C16H16N4O2. The molecule has 2 aromatic carbocycles. The third-order valence-electron chi connectivity index (χ3n) is 3.43. The van der Waals surface area contributed by atoms with Gasteiger partial charge < -0.3 is 15.6 Å². The second kappa shape index (κ2) is 5.40. The van der Waals surface area contributed by atoms with Gasteiger partial charge >= 0.3 is 0 Å². The molecule has 3 aromatic rings. The van der Waals surface area contributed by atoms with E-state index >= 15 is 0 Å². The van der Waals surface area contributed by atoms with Crippen LogP contribution in [-0.2, 0) is 0 Å². The zero-order valence-electron chi connectivity index (χ0n) is 12.3. The van der Waals surface area contributed by atoms with Crippen molar-refractivity contribution >= 4 is 5.82 Å².